The highest BCUT2D eigenvalue weighted by atomic mass is 32.1. The van der Waals surface area contributed by atoms with Crippen LogP contribution in [0.5, 0.6) is 0 Å². The number of nitrogens with one attached hydrogen (secondary N) is 4. The Labute approximate surface area is 478 Å². The van der Waals surface area contributed by atoms with Crippen LogP contribution in [-0.2, 0) is 32.3 Å². The lowest BCUT2D eigenvalue weighted by Gasteiger charge is -2.35. The lowest BCUT2D eigenvalue weighted by Crippen LogP contribution is -2.57. The molecular weight excluding hydrogens is 1030 g/mol. The summed E-state index contributed by atoms with van der Waals surface area (Å²) in [7, 11) is 0. The van der Waals surface area contributed by atoms with Gasteiger partial charge in [-0.3, -0.25) is 24.6 Å². The summed E-state index contributed by atoms with van der Waals surface area (Å²) in [6.07, 6.45) is 7.49. The molecule has 6 N–H and O–H groups in total. The molecule has 4 heterocycles. The molecule has 1 aliphatic heterocycles. The maximum absolute atomic E-state index is 14.1. The molecule has 3 atom stereocenters. The molecule has 422 valence electrons. The molecule has 81 heavy (non-hydrogen) atoms. The number of fused-ring (bicyclic) bond motifs is 1. The Morgan fingerprint density at radius 1 is 0.778 bits per heavy atom. The second-order valence-electron chi connectivity index (χ2n) is 22.7. The molecule has 1 saturated heterocycles. The van der Waals surface area contributed by atoms with Crippen LogP contribution in [0.2, 0.25) is 0 Å². The molecular formula is C65H75N9O6S. The molecule has 4 amide bonds. The number of aryl methyl sites for hydroxylation is 1. The third-order valence-electron chi connectivity index (χ3n) is 15.5. The minimum absolute atomic E-state index is 0.00451. The molecule has 1 aliphatic carbocycles. The van der Waals surface area contributed by atoms with Crippen LogP contribution < -0.4 is 21.4 Å². The molecule has 2 aliphatic rings. The fraction of sp³-hybridized carbons (Fsp3) is 0.400. The highest BCUT2D eigenvalue weighted by molar-refractivity contribution is 7.13. The number of carbonyl (C=O) groups is 4. The van der Waals surface area contributed by atoms with Gasteiger partial charge in [0.15, 0.2) is 0 Å². The number of hydrogen-bond acceptors (Lipinski definition) is 10. The van der Waals surface area contributed by atoms with Crippen LogP contribution in [0.15, 0.2) is 121 Å². The smallest absolute Gasteiger partial charge is 0.246 e. The first-order valence-corrected chi connectivity index (χ1v) is 29.4. The predicted molar refractivity (Wildman–Crippen MR) is 317 cm³/mol. The number of rotatable bonds is 20. The number of benzene rings is 4. The second-order valence-corrected chi connectivity index (χ2v) is 23.5. The Hall–Kier alpha value is -7.71. The Bertz CT molecular complexity index is 3440. The predicted octanol–water partition coefficient (Wildman–Crippen LogP) is 9.61. The van der Waals surface area contributed by atoms with Crippen molar-refractivity contribution in [3.63, 3.8) is 0 Å². The first-order chi connectivity index (χ1) is 39.1. The van der Waals surface area contributed by atoms with Crippen LogP contribution in [0.4, 0.5) is 0 Å². The van der Waals surface area contributed by atoms with Gasteiger partial charge in [0.1, 0.15) is 23.2 Å². The van der Waals surface area contributed by atoms with E-state index in [0.717, 1.165) is 85.5 Å². The third-order valence-corrected chi connectivity index (χ3v) is 16.5. The van der Waals surface area contributed by atoms with Crippen molar-refractivity contribution in [2.75, 3.05) is 13.1 Å². The first-order valence-electron chi connectivity index (χ1n) is 28.5. The van der Waals surface area contributed by atoms with Crippen molar-refractivity contribution in [3.8, 4) is 44.7 Å². The lowest BCUT2D eigenvalue weighted by molar-refractivity contribution is -0.144. The van der Waals surface area contributed by atoms with E-state index in [4.69, 9.17) is 4.98 Å². The van der Waals surface area contributed by atoms with E-state index < -0.39 is 29.5 Å². The number of likely N-dealkylation sites (tertiary alicyclic amines) is 1. The van der Waals surface area contributed by atoms with Crippen molar-refractivity contribution in [2.45, 2.75) is 148 Å². The number of thiazole rings is 1. The summed E-state index contributed by atoms with van der Waals surface area (Å²) in [5.74, 6) is 5.54. The monoisotopic (exact) mass is 1110 g/mol. The average Bonchev–Trinajstić information content (AvgIpc) is 3.10. The average molecular weight is 1110 g/mol. The van der Waals surface area contributed by atoms with Crippen LogP contribution in [0.1, 0.15) is 126 Å². The van der Waals surface area contributed by atoms with Gasteiger partial charge in [0.2, 0.25) is 23.6 Å². The summed E-state index contributed by atoms with van der Waals surface area (Å²) < 4.78 is 4.24. The summed E-state index contributed by atoms with van der Waals surface area (Å²) in [6, 6.07) is 35.0. The Kier molecular flexibility index (Phi) is 19.1. The van der Waals surface area contributed by atoms with Crippen LogP contribution in [0, 0.1) is 29.6 Å². The molecule has 2 fully saturated rings. The zero-order chi connectivity index (χ0) is 57.0. The van der Waals surface area contributed by atoms with Gasteiger partial charge in [-0.25, -0.2) is 9.97 Å². The van der Waals surface area contributed by atoms with Crippen molar-refractivity contribution >= 4 is 46.0 Å². The number of aliphatic hydroxyl groups is 2. The van der Waals surface area contributed by atoms with Gasteiger partial charge >= 0.3 is 0 Å². The summed E-state index contributed by atoms with van der Waals surface area (Å²) >= 11 is 1.57. The topological polar surface area (TPSA) is 208 Å². The van der Waals surface area contributed by atoms with Gasteiger partial charge in [-0.05, 0) is 104 Å². The normalized spacial score (nSPS) is 17.5. The first kappa shape index (κ1) is 58.0. The quantitative estimate of drug-likeness (QED) is 0.0319. The van der Waals surface area contributed by atoms with E-state index in [9.17, 15) is 34.8 Å². The van der Waals surface area contributed by atoms with Gasteiger partial charge in [0.25, 0.3) is 0 Å². The summed E-state index contributed by atoms with van der Waals surface area (Å²) in [6.45, 7) is 8.74. The number of amides is 4. The van der Waals surface area contributed by atoms with Crippen LogP contribution >= 0.6 is 11.3 Å². The standard InChI is InChI=1S/C65H75N9O6S/c1-43-59(81-42-70-43)49-29-27-45(28-30-49)38-68-63(79)53-37-52(76)40-72(53)64(80)60(65(2,3)4)71-55(78)26-15-16-35-67-54(77)25-14-6-5-9-18-44-19-17-20-46(36-44)39-73-58(48-23-12-8-13-24-48)56(47-21-10-7-11-22-47)57-61(66)74(41-69-62(57)73)50-31-33-51(75)34-32-50/h7-8,10-13,17,19-24,27-30,36,41-42,50-53,60,66,75-76H,5-6,14-16,25-26,31-35,37-40H2,1-4H3,(H,67,77)(H,68,79)(H,71,78)/t50?,51?,52-,53+,60-/m1/s1. The number of unbranched alkanes of at least 4 members (excludes halogenated alkanes) is 3. The van der Waals surface area contributed by atoms with Gasteiger partial charge < -0.3 is 40.2 Å². The van der Waals surface area contributed by atoms with Crippen LogP contribution in [-0.4, -0.2) is 95.2 Å². The minimum atomic E-state index is -0.920. The SMILES string of the molecule is Cc1ncsc1-c1ccc(CNC(=O)[C@@H]2C[C@@H](O)CN2C(=O)[C@@H](NC(=O)CCCCNC(=O)CCCCC#Cc2cccc(Cn3c(-c4ccccc4)c(-c4ccccc4)c4c(=N)n(C5CCC(O)CC5)cnc43)c2)C(C)(C)C)cc1. The summed E-state index contributed by atoms with van der Waals surface area (Å²) in [5, 5.41) is 40.2. The molecule has 0 bridgehead atoms. The van der Waals surface area contributed by atoms with E-state index in [1.165, 1.54) is 4.90 Å². The fourth-order valence-corrected chi connectivity index (χ4v) is 12.0. The van der Waals surface area contributed by atoms with Gasteiger partial charge in [-0.15, -0.1) is 11.3 Å². The summed E-state index contributed by atoms with van der Waals surface area (Å²) in [5.41, 5.74) is 11.2. The maximum atomic E-state index is 14.1. The van der Waals surface area contributed by atoms with Gasteiger partial charge in [-0.2, -0.15) is 0 Å². The number of aliphatic hydroxyl groups excluding tert-OH is 2. The molecule has 0 radical (unpaired) electrons. The molecule has 3 aromatic heterocycles. The van der Waals surface area contributed by atoms with Gasteiger partial charge in [-0.1, -0.05) is 130 Å². The molecule has 15 nitrogen and oxygen atoms in total. The lowest BCUT2D eigenvalue weighted by atomic mass is 9.85. The number of aromatic nitrogens is 4. The van der Waals surface area contributed by atoms with E-state index in [1.54, 1.807) is 11.3 Å². The zero-order valence-corrected chi connectivity index (χ0v) is 47.7. The molecule has 4 aromatic carbocycles. The van der Waals surface area contributed by atoms with Crippen molar-refractivity contribution in [1.29, 1.82) is 5.41 Å². The van der Waals surface area contributed by atoms with E-state index in [0.29, 0.717) is 63.5 Å². The van der Waals surface area contributed by atoms with Crippen LogP contribution in [0.25, 0.3) is 43.9 Å². The number of β-amino-alcohol motifs (C(OH)–C–C–N with tert-alkyl or cyclic N) is 1. The number of hydrogen-bond donors (Lipinski definition) is 6. The molecule has 1 saturated carbocycles. The summed E-state index contributed by atoms with van der Waals surface area (Å²) in [4.78, 5) is 65.6. The van der Waals surface area contributed by atoms with Crippen molar-refractivity contribution in [1.82, 2.24) is 40.0 Å². The molecule has 9 rings (SSSR count). The zero-order valence-electron chi connectivity index (χ0n) is 46.9. The van der Waals surface area contributed by atoms with E-state index in [1.807, 2.05) is 117 Å². The Morgan fingerprint density at radius 3 is 2.19 bits per heavy atom. The van der Waals surface area contributed by atoms with Crippen molar-refractivity contribution in [2.24, 2.45) is 5.41 Å². The van der Waals surface area contributed by atoms with Crippen LogP contribution in [0.3, 0.4) is 0 Å². The van der Waals surface area contributed by atoms with Crippen molar-refractivity contribution in [3.05, 3.63) is 149 Å². The number of carbonyl (C=O) groups excluding carboxylic acids is 4. The maximum Gasteiger partial charge on any atom is 0.246 e. The molecule has 16 heteroatoms. The third kappa shape index (κ3) is 14.4. The second kappa shape index (κ2) is 26.7. The Balaban J connectivity index is 0.730. The van der Waals surface area contributed by atoms with E-state index >= 15 is 0 Å². The highest BCUT2D eigenvalue weighted by Gasteiger charge is 2.44. The van der Waals surface area contributed by atoms with E-state index in [-0.39, 0.29) is 55.8 Å². The molecule has 7 aromatic rings. The molecule has 0 unspecified atom stereocenters. The molecule has 0 spiro atoms. The highest BCUT2D eigenvalue weighted by Crippen LogP contribution is 2.40. The van der Waals surface area contributed by atoms with Gasteiger partial charge in [0.05, 0.1) is 45.7 Å². The fourth-order valence-electron chi connectivity index (χ4n) is 11.2. The van der Waals surface area contributed by atoms with Crippen molar-refractivity contribution < 1.29 is 29.4 Å². The largest absolute Gasteiger partial charge is 0.393 e. The van der Waals surface area contributed by atoms with E-state index in [2.05, 4.69) is 73.7 Å². The minimum Gasteiger partial charge on any atom is -0.393 e. The van der Waals surface area contributed by atoms with Gasteiger partial charge in [0, 0.05) is 69.0 Å². The Morgan fingerprint density at radius 2 is 1.48 bits per heavy atom. The number of nitrogens with zero attached hydrogens (tertiary/aromatic N) is 5.